The van der Waals surface area contributed by atoms with Crippen molar-refractivity contribution in [2.45, 2.75) is 46.3 Å². The maximum absolute atomic E-state index is 14.5. The van der Waals surface area contributed by atoms with E-state index < -0.39 is 29.4 Å². The Hall–Kier alpha value is -3.82. The Balaban J connectivity index is 1.54. The number of fused-ring (bicyclic) bond motifs is 3. The van der Waals surface area contributed by atoms with Gasteiger partial charge in [0.1, 0.15) is 0 Å². The average molecular weight is 650 g/mol. The largest absolute Gasteiger partial charge is 0.417 e. The maximum atomic E-state index is 14.5. The van der Waals surface area contributed by atoms with Crippen molar-refractivity contribution in [3.05, 3.63) is 136 Å². The topological polar surface area (TPSA) is 3.24 Å². The van der Waals surface area contributed by atoms with E-state index in [1.165, 1.54) is 11.8 Å². The first-order valence-corrected chi connectivity index (χ1v) is 15.9. The quantitative estimate of drug-likeness (QED) is 0.179. The van der Waals surface area contributed by atoms with Crippen molar-refractivity contribution < 1.29 is 26.3 Å². The highest BCUT2D eigenvalue weighted by molar-refractivity contribution is 8.03. The number of para-hydroxylation sites is 2. The van der Waals surface area contributed by atoms with Crippen LogP contribution < -0.4 is 4.90 Å². The van der Waals surface area contributed by atoms with Crippen LogP contribution in [-0.4, -0.2) is 0 Å². The molecule has 1 aliphatic carbocycles. The summed E-state index contributed by atoms with van der Waals surface area (Å²) in [5, 5.41) is 0. The number of hydrogen-bond acceptors (Lipinski definition) is 3. The summed E-state index contributed by atoms with van der Waals surface area (Å²) in [6.45, 7) is 6.49. The van der Waals surface area contributed by atoms with Gasteiger partial charge in [-0.3, -0.25) is 0 Å². The molecule has 0 aromatic heterocycles. The van der Waals surface area contributed by atoms with Gasteiger partial charge in [-0.1, -0.05) is 91.6 Å². The number of benzene rings is 4. The molecular formula is C36H25F6NS2. The van der Waals surface area contributed by atoms with E-state index in [1.807, 2.05) is 60.7 Å². The minimum absolute atomic E-state index is 0.00813. The van der Waals surface area contributed by atoms with Crippen molar-refractivity contribution in [1.82, 2.24) is 0 Å². The average Bonchev–Trinajstić information content (AvgIpc) is 3.01. The molecule has 45 heavy (non-hydrogen) atoms. The summed E-state index contributed by atoms with van der Waals surface area (Å²) in [6, 6.07) is 23.4. The van der Waals surface area contributed by atoms with Crippen molar-refractivity contribution in [3.63, 3.8) is 0 Å². The predicted molar refractivity (Wildman–Crippen MR) is 169 cm³/mol. The van der Waals surface area contributed by atoms with E-state index in [4.69, 9.17) is 0 Å². The second kappa shape index (κ2) is 10.9. The van der Waals surface area contributed by atoms with Gasteiger partial charge in [-0.15, -0.1) is 0 Å². The summed E-state index contributed by atoms with van der Waals surface area (Å²) < 4.78 is 87.0. The second-order valence-corrected chi connectivity index (χ2v) is 13.4. The molecule has 1 nitrogen and oxygen atoms in total. The number of alkyl halides is 6. The van der Waals surface area contributed by atoms with E-state index in [0.29, 0.717) is 29.1 Å². The first-order valence-electron chi connectivity index (χ1n) is 14.3. The summed E-state index contributed by atoms with van der Waals surface area (Å²) >= 11 is 3.10. The number of rotatable bonds is 3. The van der Waals surface area contributed by atoms with Gasteiger partial charge in [0, 0.05) is 26.2 Å². The molecule has 2 atom stereocenters. The molecule has 0 fully saturated rings. The lowest BCUT2D eigenvalue weighted by molar-refractivity contribution is -0.162. The molecule has 9 heteroatoms. The molecule has 0 radical (unpaired) electrons. The molecule has 0 saturated carbocycles. The van der Waals surface area contributed by atoms with Gasteiger partial charge in [0.25, 0.3) is 0 Å². The Morgan fingerprint density at radius 2 is 1.29 bits per heavy atom. The van der Waals surface area contributed by atoms with Crippen molar-refractivity contribution >= 4 is 46.2 Å². The van der Waals surface area contributed by atoms with Gasteiger partial charge >= 0.3 is 12.4 Å². The molecule has 0 amide bonds. The Kier molecular flexibility index (Phi) is 7.24. The zero-order chi connectivity index (χ0) is 31.7. The maximum Gasteiger partial charge on any atom is 0.417 e. The number of halogens is 6. The lowest BCUT2D eigenvalue weighted by Gasteiger charge is -2.38. The second-order valence-electron chi connectivity index (χ2n) is 11.2. The van der Waals surface area contributed by atoms with Crippen LogP contribution in [0.3, 0.4) is 0 Å². The number of nitrogens with zero attached hydrogens (tertiary/aromatic N) is 1. The highest BCUT2D eigenvalue weighted by Gasteiger charge is 2.45. The smallest absolute Gasteiger partial charge is 0.308 e. The highest BCUT2D eigenvalue weighted by Crippen LogP contribution is 2.58. The van der Waals surface area contributed by atoms with Gasteiger partial charge in [0.15, 0.2) is 0 Å². The van der Waals surface area contributed by atoms with Crippen molar-refractivity contribution in [1.29, 1.82) is 0 Å². The molecule has 4 aromatic rings. The van der Waals surface area contributed by atoms with Crippen LogP contribution in [0.25, 0.3) is 5.57 Å². The van der Waals surface area contributed by atoms with Crippen LogP contribution in [-0.2, 0) is 12.4 Å². The Morgan fingerprint density at radius 1 is 0.733 bits per heavy atom. The zero-order valence-electron chi connectivity index (χ0n) is 23.8. The lowest BCUT2D eigenvalue weighted by Crippen LogP contribution is -2.22. The van der Waals surface area contributed by atoms with Gasteiger partial charge in [-0.2, -0.15) is 26.3 Å². The molecule has 7 rings (SSSR count). The standard InChI is InChI=1S/C36H25F6NS2/c1-20-10-9-12-23-33(22-11-3-6-15-30(22)45-34(20)23)21(2)24-18-25(35(37,38)39)26(36(40,41)42)19-29(24)43-27-13-4-7-16-31(27)44-32-17-8-5-14-28(32)43/h3-9,11-20,33H,2,10H2,1H3. The van der Waals surface area contributed by atoms with Crippen LogP contribution >= 0.6 is 23.5 Å². The van der Waals surface area contributed by atoms with Gasteiger partial charge in [-0.05, 0) is 76.4 Å². The minimum atomic E-state index is -5.26. The van der Waals surface area contributed by atoms with E-state index in [0.717, 1.165) is 37.1 Å². The van der Waals surface area contributed by atoms with E-state index in [9.17, 15) is 26.3 Å². The van der Waals surface area contributed by atoms with E-state index in [1.54, 1.807) is 40.9 Å². The van der Waals surface area contributed by atoms with E-state index in [2.05, 4.69) is 13.5 Å². The fraction of sp³-hybridized carbons (Fsp3) is 0.167. The van der Waals surface area contributed by atoms with E-state index >= 15 is 0 Å². The molecule has 2 heterocycles. The Bertz CT molecular complexity index is 1870. The molecule has 2 aliphatic heterocycles. The molecule has 0 saturated heterocycles. The molecule has 3 aliphatic rings. The van der Waals surface area contributed by atoms with Crippen LogP contribution in [0.1, 0.15) is 41.5 Å². The molecule has 0 spiro atoms. The first kappa shape index (κ1) is 29.9. The summed E-state index contributed by atoms with van der Waals surface area (Å²) in [4.78, 5) is 5.25. The van der Waals surface area contributed by atoms with Gasteiger partial charge in [0.2, 0.25) is 0 Å². The van der Waals surface area contributed by atoms with Crippen LogP contribution in [0, 0.1) is 5.92 Å². The summed E-state index contributed by atoms with van der Waals surface area (Å²) in [5.41, 5.74) is -0.234. The third-order valence-electron chi connectivity index (χ3n) is 8.39. The third kappa shape index (κ3) is 5.10. The predicted octanol–water partition coefficient (Wildman–Crippen LogP) is 12.4. The van der Waals surface area contributed by atoms with Gasteiger partial charge in [-0.25, -0.2) is 0 Å². The normalized spacial score (nSPS) is 19.0. The van der Waals surface area contributed by atoms with Crippen LogP contribution in [0.4, 0.5) is 43.4 Å². The van der Waals surface area contributed by atoms with Crippen molar-refractivity contribution in [3.8, 4) is 0 Å². The van der Waals surface area contributed by atoms with Gasteiger partial charge in [0.05, 0.1) is 28.2 Å². The van der Waals surface area contributed by atoms with Crippen LogP contribution in [0.5, 0.6) is 0 Å². The molecular weight excluding hydrogens is 625 g/mol. The fourth-order valence-electron chi connectivity index (χ4n) is 6.36. The number of allylic oxidation sites excluding steroid dienone is 5. The van der Waals surface area contributed by atoms with Crippen molar-refractivity contribution in [2.75, 3.05) is 4.90 Å². The SMILES string of the molecule is C=C(c1cc(C(F)(F)F)c(C(F)(F)F)cc1N1c2ccccc2Sc2ccccc21)C1C2=C(Sc3ccccc31)C(C)CC=C2. The van der Waals surface area contributed by atoms with E-state index in [-0.39, 0.29) is 17.2 Å². The lowest BCUT2D eigenvalue weighted by atomic mass is 9.77. The monoisotopic (exact) mass is 649 g/mol. The molecule has 0 N–H and O–H groups in total. The molecule has 2 unspecified atom stereocenters. The Labute approximate surface area is 265 Å². The zero-order valence-corrected chi connectivity index (χ0v) is 25.5. The van der Waals surface area contributed by atoms with Crippen molar-refractivity contribution in [2.24, 2.45) is 5.92 Å². The summed E-state index contributed by atoms with van der Waals surface area (Å²) in [7, 11) is 0. The number of anilines is 3. The first-order chi connectivity index (χ1) is 21.4. The Morgan fingerprint density at radius 3 is 1.91 bits per heavy atom. The molecule has 4 aromatic carbocycles. The summed E-state index contributed by atoms with van der Waals surface area (Å²) in [5.74, 6) is -0.382. The number of thioether (sulfide) groups is 1. The fourth-order valence-corrected chi connectivity index (χ4v) is 8.71. The highest BCUT2D eigenvalue weighted by atomic mass is 32.2. The molecule has 0 bridgehead atoms. The van der Waals surface area contributed by atoms with Crippen LogP contribution in [0.2, 0.25) is 0 Å². The van der Waals surface area contributed by atoms with Gasteiger partial charge < -0.3 is 4.90 Å². The van der Waals surface area contributed by atoms with Crippen LogP contribution in [0.15, 0.2) is 129 Å². The minimum Gasteiger partial charge on any atom is -0.308 e. The molecule has 228 valence electrons. The number of hydrogen-bond donors (Lipinski definition) is 0. The third-order valence-corrected chi connectivity index (χ3v) is 11.0. The summed E-state index contributed by atoms with van der Waals surface area (Å²) in [6.07, 6.45) is -5.66.